The van der Waals surface area contributed by atoms with Crippen molar-refractivity contribution in [2.75, 3.05) is 5.75 Å². The highest BCUT2D eigenvalue weighted by Gasteiger charge is 2.27. The van der Waals surface area contributed by atoms with Crippen LogP contribution in [-0.4, -0.2) is 28.9 Å². The number of nitrogens with one attached hydrogen (secondary N) is 1. The maximum Gasteiger partial charge on any atom is 0.321 e. The Kier molecular flexibility index (Phi) is 4.45. The Bertz CT molecular complexity index is 365. The van der Waals surface area contributed by atoms with Crippen molar-refractivity contribution in [2.24, 2.45) is 0 Å². The summed E-state index contributed by atoms with van der Waals surface area (Å²) in [7, 11) is 0. The molecule has 0 aromatic heterocycles. The van der Waals surface area contributed by atoms with E-state index in [-0.39, 0.29) is 0 Å². The molecule has 1 aliphatic rings. The highest BCUT2D eigenvalue weighted by atomic mass is 32.2. The fourth-order valence-electron chi connectivity index (χ4n) is 1.59. The van der Waals surface area contributed by atoms with E-state index in [0.29, 0.717) is 11.8 Å². The SMILES string of the molecule is O=C(O)C(CSCc1ccccc1)NC1CC1. The summed E-state index contributed by atoms with van der Waals surface area (Å²) >= 11 is 1.67. The summed E-state index contributed by atoms with van der Waals surface area (Å²) in [4.78, 5) is 11.0. The molecule has 92 valence electrons. The predicted molar refractivity (Wildman–Crippen MR) is 70.2 cm³/mol. The Morgan fingerprint density at radius 3 is 2.71 bits per heavy atom. The smallest absolute Gasteiger partial charge is 0.321 e. The maximum atomic E-state index is 11.0. The molecule has 1 atom stereocenters. The summed E-state index contributed by atoms with van der Waals surface area (Å²) < 4.78 is 0. The molecule has 0 aliphatic heterocycles. The van der Waals surface area contributed by atoms with Crippen molar-refractivity contribution < 1.29 is 9.90 Å². The van der Waals surface area contributed by atoms with Gasteiger partial charge in [0.1, 0.15) is 6.04 Å². The lowest BCUT2D eigenvalue weighted by atomic mass is 10.2. The van der Waals surface area contributed by atoms with Crippen LogP contribution in [0.1, 0.15) is 18.4 Å². The van der Waals surface area contributed by atoms with Gasteiger partial charge in [-0.1, -0.05) is 30.3 Å². The van der Waals surface area contributed by atoms with E-state index >= 15 is 0 Å². The minimum absolute atomic E-state index is 0.406. The number of benzene rings is 1. The zero-order chi connectivity index (χ0) is 12.1. The van der Waals surface area contributed by atoms with Crippen molar-refractivity contribution in [3.05, 3.63) is 35.9 Å². The van der Waals surface area contributed by atoms with Crippen LogP contribution in [0.25, 0.3) is 0 Å². The molecular formula is C13H17NO2S. The van der Waals surface area contributed by atoms with Crippen LogP contribution >= 0.6 is 11.8 Å². The van der Waals surface area contributed by atoms with Crippen molar-refractivity contribution in [1.82, 2.24) is 5.32 Å². The van der Waals surface area contributed by atoms with Gasteiger partial charge in [0, 0.05) is 17.5 Å². The van der Waals surface area contributed by atoms with Crippen LogP contribution in [0, 0.1) is 0 Å². The monoisotopic (exact) mass is 251 g/mol. The molecule has 1 aromatic carbocycles. The zero-order valence-electron chi connectivity index (χ0n) is 9.63. The van der Waals surface area contributed by atoms with Crippen molar-refractivity contribution in [3.63, 3.8) is 0 Å². The number of rotatable bonds is 7. The van der Waals surface area contributed by atoms with Gasteiger partial charge in [-0.25, -0.2) is 0 Å². The van der Waals surface area contributed by atoms with Crippen molar-refractivity contribution in [2.45, 2.75) is 30.7 Å². The molecule has 2 N–H and O–H groups in total. The second kappa shape index (κ2) is 6.07. The zero-order valence-corrected chi connectivity index (χ0v) is 10.5. The summed E-state index contributed by atoms with van der Waals surface area (Å²) in [6, 6.07) is 10.2. The molecule has 1 aromatic rings. The van der Waals surface area contributed by atoms with E-state index in [1.807, 2.05) is 18.2 Å². The molecular weight excluding hydrogens is 234 g/mol. The minimum atomic E-state index is -0.738. The summed E-state index contributed by atoms with van der Waals surface area (Å²) in [5.74, 6) is 0.759. The van der Waals surface area contributed by atoms with E-state index in [0.717, 1.165) is 18.6 Å². The molecule has 1 unspecified atom stereocenters. The first-order valence-corrected chi connectivity index (χ1v) is 7.01. The number of aliphatic carboxylic acids is 1. The molecule has 1 saturated carbocycles. The molecule has 2 rings (SSSR count). The summed E-state index contributed by atoms with van der Waals surface area (Å²) in [5.41, 5.74) is 1.24. The molecule has 0 saturated heterocycles. The van der Waals surface area contributed by atoms with Gasteiger partial charge in [-0.15, -0.1) is 0 Å². The fraction of sp³-hybridized carbons (Fsp3) is 0.462. The second-order valence-electron chi connectivity index (χ2n) is 4.33. The Morgan fingerprint density at radius 2 is 2.12 bits per heavy atom. The molecule has 0 radical (unpaired) electrons. The summed E-state index contributed by atoms with van der Waals surface area (Å²) in [6.45, 7) is 0. The Balaban J connectivity index is 1.73. The van der Waals surface area contributed by atoms with Crippen LogP contribution in [0.4, 0.5) is 0 Å². The lowest BCUT2D eigenvalue weighted by molar-refractivity contribution is -0.138. The number of carboxylic acids is 1. The van der Waals surface area contributed by atoms with Gasteiger partial charge < -0.3 is 10.4 Å². The van der Waals surface area contributed by atoms with Gasteiger partial charge in [-0.3, -0.25) is 4.79 Å². The van der Waals surface area contributed by atoms with E-state index in [2.05, 4.69) is 17.4 Å². The molecule has 0 heterocycles. The maximum absolute atomic E-state index is 11.0. The average molecular weight is 251 g/mol. The number of carbonyl (C=O) groups is 1. The van der Waals surface area contributed by atoms with E-state index in [4.69, 9.17) is 5.11 Å². The largest absolute Gasteiger partial charge is 0.480 e. The minimum Gasteiger partial charge on any atom is -0.480 e. The van der Waals surface area contributed by atoms with Gasteiger partial charge in [-0.05, 0) is 18.4 Å². The Labute approximate surface area is 106 Å². The third-order valence-electron chi connectivity index (χ3n) is 2.71. The standard InChI is InChI=1S/C13H17NO2S/c15-13(16)12(14-11-6-7-11)9-17-8-10-4-2-1-3-5-10/h1-5,11-12,14H,6-9H2,(H,15,16). The molecule has 1 aliphatic carbocycles. The van der Waals surface area contributed by atoms with Gasteiger partial charge >= 0.3 is 5.97 Å². The Hall–Kier alpha value is -1.00. The van der Waals surface area contributed by atoms with Crippen LogP contribution < -0.4 is 5.32 Å². The first kappa shape index (κ1) is 12.5. The average Bonchev–Trinajstić information content (AvgIpc) is 3.13. The van der Waals surface area contributed by atoms with Crippen LogP contribution in [-0.2, 0) is 10.5 Å². The van der Waals surface area contributed by atoms with Crippen LogP contribution in [0.5, 0.6) is 0 Å². The third kappa shape index (κ3) is 4.40. The van der Waals surface area contributed by atoms with Gasteiger partial charge in [0.2, 0.25) is 0 Å². The molecule has 0 amide bonds. The van der Waals surface area contributed by atoms with Crippen molar-refractivity contribution in [1.29, 1.82) is 0 Å². The molecule has 1 fully saturated rings. The Morgan fingerprint density at radius 1 is 1.41 bits per heavy atom. The van der Waals surface area contributed by atoms with E-state index < -0.39 is 12.0 Å². The second-order valence-corrected chi connectivity index (χ2v) is 5.36. The highest BCUT2D eigenvalue weighted by Crippen LogP contribution is 2.21. The number of carboxylic acid groups (broad SMARTS) is 1. The van der Waals surface area contributed by atoms with Crippen LogP contribution in [0.15, 0.2) is 30.3 Å². The van der Waals surface area contributed by atoms with E-state index in [1.165, 1.54) is 5.56 Å². The van der Waals surface area contributed by atoms with E-state index in [1.54, 1.807) is 11.8 Å². The highest BCUT2D eigenvalue weighted by molar-refractivity contribution is 7.98. The lowest BCUT2D eigenvalue weighted by Crippen LogP contribution is -2.40. The topological polar surface area (TPSA) is 49.3 Å². The summed E-state index contributed by atoms with van der Waals surface area (Å²) in [6.07, 6.45) is 2.24. The first-order chi connectivity index (χ1) is 8.25. The quantitative estimate of drug-likeness (QED) is 0.779. The van der Waals surface area contributed by atoms with Gasteiger partial charge in [-0.2, -0.15) is 11.8 Å². The number of hydrogen-bond acceptors (Lipinski definition) is 3. The number of thioether (sulfide) groups is 1. The normalized spacial score (nSPS) is 16.7. The number of hydrogen-bond donors (Lipinski definition) is 2. The molecule has 3 nitrogen and oxygen atoms in total. The van der Waals surface area contributed by atoms with Crippen molar-refractivity contribution in [3.8, 4) is 0 Å². The molecule has 0 bridgehead atoms. The van der Waals surface area contributed by atoms with Gasteiger partial charge in [0.05, 0.1) is 0 Å². The fourth-order valence-corrected chi connectivity index (χ4v) is 2.61. The van der Waals surface area contributed by atoms with Crippen LogP contribution in [0.2, 0.25) is 0 Å². The van der Waals surface area contributed by atoms with Gasteiger partial charge in [0.15, 0.2) is 0 Å². The van der Waals surface area contributed by atoms with E-state index in [9.17, 15) is 4.79 Å². The first-order valence-electron chi connectivity index (χ1n) is 5.86. The van der Waals surface area contributed by atoms with Crippen molar-refractivity contribution >= 4 is 17.7 Å². The molecule has 0 spiro atoms. The molecule has 17 heavy (non-hydrogen) atoms. The van der Waals surface area contributed by atoms with Gasteiger partial charge in [0.25, 0.3) is 0 Å². The predicted octanol–water partition coefficient (Wildman–Crippen LogP) is 2.12. The third-order valence-corrected chi connectivity index (χ3v) is 3.81. The van der Waals surface area contributed by atoms with Crippen LogP contribution in [0.3, 0.4) is 0 Å². The summed E-state index contributed by atoms with van der Waals surface area (Å²) in [5, 5.41) is 12.2. The molecule has 4 heteroatoms. The lowest BCUT2D eigenvalue weighted by Gasteiger charge is -2.13.